The number of hydrogen-bond donors (Lipinski definition) is 1. The molecule has 158 valence electrons. The van der Waals surface area contributed by atoms with Crippen molar-refractivity contribution in [2.45, 2.75) is 37.6 Å². The maximum Gasteiger partial charge on any atom is 0.260 e. The molecule has 29 heavy (non-hydrogen) atoms. The van der Waals surface area contributed by atoms with Crippen LogP contribution in [-0.2, 0) is 14.8 Å². The van der Waals surface area contributed by atoms with Crippen LogP contribution in [-0.4, -0.2) is 57.2 Å². The Labute approximate surface area is 170 Å². The van der Waals surface area contributed by atoms with E-state index in [1.54, 1.807) is 44.1 Å². The highest BCUT2D eigenvalue weighted by molar-refractivity contribution is 7.89. The number of nitrogens with one attached hydrogen (secondary N) is 1. The summed E-state index contributed by atoms with van der Waals surface area (Å²) in [6.07, 6.45) is 1.03. The van der Waals surface area contributed by atoms with Gasteiger partial charge >= 0.3 is 0 Å². The van der Waals surface area contributed by atoms with E-state index in [0.717, 1.165) is 0 Å². The fourth-order valence-corrected chi connectivity index (χ4v) is 4.99. The third-order valence-electron chi connectivity index (χ3n) is 4.83. The van der Waals surface area contributed by atoms with Gasteiger partial charge in [-0.15, -0.1) is 0 Å². The molecule has 1 N–H and O–H groups in total. The summed E-state index contributed by atoms with van der Waals surface area (Å²) in [7, 11) is -2.18. The summed E-state index contributed by atoms with van der Waals surface area (Å²) in [6, 6.07) is 6.87. The van der Waals surface area contributed by atoms with Gasteiger partial charge in [-0.1, -0.05) is 17.3 Å². The summed E-state index contributed by atoms with van der Waals surface area (Å²) in [4.78, 5) is 14.2. The van der Waals surface area contributed by atoms with Crippen molar-refractivity contribution in [2.75, 3.05) is 26.8 Å². The Kier molecular flexibility index (Phi) is 6.43. The third-order valence-corrected chi connectivity index (χ3v) is 6.59. The molecule has 10 heteroatoms. The normalized spacial score (nSPS) is 15.3. The lowest BCUT2D eigenvalue weighted by atomic mass is 10.1. The topological polar surface area (TPSA) is 111 Å². The van der Waals surface area contributed by atoms with Gasteiger partial charge in [0, 0.05) is 19.1 Å². The molecule has 1 aromatic carbocycles. The molecule has 0 atom stereocenters. The minimum atomic E-state index is -3.72. The number of amides is 1. The number of hydrogen-bond acceptors (Lipinski definition) is 7. The molecule has 0 unspecified atom stereocenters. The first-order valence-corrected chi connectivity index (χ1v) is 10.8. The zero-order chi connectivity index (χ0) is 21.0. The lowest BCUT2D eigenvalue weighted by Crippen LogP contribution is -2.47. The van der Waals surface area contributed by atoms with Crippen molar-refractivity contribution in [3.8, 4) is 11.5 Å². The minimum Gasteiger partial charge on any atom is -0.493 e. The number of aromatic nitrogens is 1. The highest BCUT2D eigenvalue weighted by Crippen LogP contribution is 2.26. The molecule has 2 aromatic rings. The van der Waals surface area contributed by atoms with Crippen LogP contribution in [0.2, 0.25) is 0 Å². The van der Waals surface area contributed by atoms with Gasteiger partial charge in [-0.3, -0.25) is 4.79 Å². The molecule has 0 saturated carbocycles. The zero-order valence-electron chi connectivity index (χ0n) is 16.7. The maximum atomic E-state index is 12.6. The van der Waals surface area contributed by atoms with Crippen LogP contribution >= 0.6 is 0 Å². The second kappa shape index (κ2) is 8.83. The smallest absolute Gasteiger partial charge is 0.260 e. The van der Waals surface area contributed by atoms with Crippen LogP contribution in [0.15, 0.2) is 33.7 Å². The van der Waals surface area contributed by atoms with Crippen molar-refractivity contribution in [3.63, 3.8) is 0 Å². The molecule has 0 bridgehead atoms. The summed E-state index contributed by atoms with van der Waals surface area (Å²) in [5.41, 5.74) is 0.330. The van der Waals surface area contributed by atoms with E-state index in [4.69, 9.17) is 14.0 Å². The van der Waals surface area contributed by atoms with E-state index in [1.807, 2.05) is 6.07 Å². The summed E-state index contributed by atoms with van der Waals surface area (Å²) in [5, 5.41) is 3.70. The van der Waals surface area contributed by atoms with Crippen molar-refractivity contribution in [2.24, 2.45) is 0 Å². The van der Waals surface area contributed by atoms with E-state index in [0.29, 0.717) is 43.1 Å². The maximum absolute atomic E-state index is 12.6. The molecule has 1 saturated heterocycles. The first-order chi connectivity index (χ1) is 13.8. The highest BCUT2D eigenvalue weighted by atomic mass is 32.2. The van der Waals surface area contributed by atoms with Gasteiger partial charge < -0.3 is 18.9 Å². The Morgan fingerprint density at radius 2 is 1.90 bits per heavy atom. The molecule has 9 nitrogen and oxygen atoms in total. The molecule has 0 aliphatic carbocycles. The molecular weight excluding hydrogens is 398 g/mol. The van der Waals surface area contributed by atoms with Crippen LogP contribution in [0.5, 0.6) is 11.5 Å². The summed E-state index contributed by atoms with van der Waals surface area (Å²) >= 11 is 0. The van der Waals surface area contributed by atoms with E-state index < -0.39 is 10.0 Å². The molecule has 3 rings (SSSR count). The molecule has 1 aliphatic rings. The quantitative estimate of drug-likeness (QED) is 0.721. The fourth-order valence-electron chi connectivity index (χ4n) is 3.35. The number of rotatable bonds is 7. The number of benzene rings is 1. The number of carbonyl (C=O) groups is 1. The highest BCUT2D eigenvalue weighted by Gasteiger charge is 2.30. The number of aryl methyl sites for hydroxylation is 2. The lowest BCUT2D eigenvalue weighted by molar-refractivity contribution is -0.134. The monoisotopic (exact) mass is 423 g/mol. The van der Waals surface area contributed by atoms with Gasteiger partial charge in [-0.25, -0.2) is 13.1 Å². The second-order valence-electron chi connectivity index (χ2n) is 6.87. The number of nitrogens with zero attached hydrogens (tertiary/aromatic N) is 2. The number of piperidine rings is 1. The molecule has 1 aromatic heterocycles. The van der Waals surface area contributed by atoms with E-state index >= 15 is 0 Å². The first kappa shape index (κ1) is 21.1. The van der Waals surface area contributed by atoms with Gasteiger partial charge in [0.15, 0.2) is 23.9 Å². The van der Waals surface area contributed by atoms with Crippen molar-refractivity contribution in [1.29, 1.82) is 0 Å². The van der Waals surface area contributed by atoms with Gasteiger partial charge in [0.1, 0.15) is 10.6 Å². The van der Waals surface area contributed by atoms with E-state index in [-0.39, 0.29) is 29.2 Å². The van der Waals surface area contributed by atoms with Gasteiger partial charge in [0.2, 0.25) is 10.0 Å². The standard InChI is InChI=1S/C19H25N3O6S/c1-13-19(14(2)28-20-13)29(24,25)21-15-8-10-22(11-9-15)18(23)12-27-17-7-5-4-6-16(17)26-3/h4-7,15,21H,8-12H2,1-3H3. The van der Waals surface area contributed by atoms with Crippen molar-refractivity contribution in [1.82, 2.24) is 14.8 Å². The Morgan fingerprint density at radius 1 is 1.24 bits per heavy atom. The fraction of sp³-hybridized carbons (Fsp3) is 0.474. The lowest BCUT2D eigenvalue weighted by Gasteiger charge is -2.32. The SMILES string of the molecule is COc1ccccc1OCC(=O)N1CCC(NS(=O)(=O)c2c(C)noc2C)CC1. The van der Waals surface area contributed by atoms with Crippen molar-refractivity contribution < 1.29 is 27.2 Å². The van der Waals surface area contributed by atoms with Crippen molar-refractivity contribution >= 4 is 15.9 Å². The number of carbonyl (C=O) groups excluding carboxylic acids is 1. The average Bonchev–Trinajstić information content (AvgIpc) is 3.05. The molecule has 1 amide bonds. The molecule has 2 heterocycles. The number of sulfonamides is 1. The van der Waals surface area contributed by atoms with Crippen LogP contribution < -0.4 is 14.2 Å². The van der Waals surface area contributed by atoms with Gasteiger partial charge in [-0.05, 0) is 38.8 Å². The largest absolute Gasteiger partial charge is 0.493 e. The van der Waals surface area contributed by atoms with Crippen LogP contribution in [0.3, 0.4) is 0 Å². The molecule has 0 spiro atoms. The van der Waals surface area contributed by atoms with Gasteiger partial charge in [0.05, 0.1) is 7.11 Å². The molecule has 1 aliphatic heterocycles. The summed E-state index contributed by atoms with van der Waals surface area (Å²) in [5.74, 6) is 1.18. The van der Waals surface area contributed by atoms with Crippen LogP contribution in [0.1, 0.15) is 24.3 Å². The van der Waals surface area contributed by atoms with E-state index in [1.165, 1.54) is 0 Å². The Hall–Kier alpha value is -2.59. The number of para-hydroxylation sites is 2. The first-order valence-electron chi connectivity index (χ1n) is 9.30. The van der Waals surface area contributed by atoms with E-state index in [2.05, 4.69) is 9.88 Å². The van der Waals surface area contributed by atoms with Gasteiger partial charge in [0.25, 0.3) is 5.91 Å². The van der Waals surface area contributed by atoms with Crippen molar-refractivity contribution in [3.05, 3.63) is 35.7 Å². The Bertz CT molecular complexity index is 945. The average molecular weight is 423 g/mol. The summed E-state index contributed by atoms with van der Waals surface area (Å²) in [6.45, 7) is 3.95. The molecule has 1 fully saturated rings. The predicted octanol–water partition coefficient (Wildman–Crippen LogP) is 1.65. The van der Waals surface area contributed by atoms with E-state index in [9.17, 15) is 13.2 Å². The molecule has 0 radical (unpaired) electrons. The predicted molar refractivity (Wildman–Crippen MR) is 104 cm³/mol. The minimum absolute atomic E-state index is 0.0845. The van der Waals surface area contributed by atoms with Gasteiger partial charge in [-0.2, -0.15) is 0 Å². The van der Waals surface area contributed by atoms with Crippen LogP contribution in [0.25, 0.3) is 0 Å². The number of methoxy groups -OCH3 is 1. The third kappa shape index (κ3) is 4.88. The zero-order valence-corrected chi connectivity index (χ0v) is 17.5. The second-order valence-corrected chi connectivity index (χ2v) is 8.52. The molecular formula is C19H25N3O6S. The number of ether oxygens (including phenoxy) is 2. The number of likely N-dealkylation sites (tertiary alicyclic amines) is 1. The Balaban J connectivity index is 1.52. The summed E-state index contributed by atoms with van der Waals surface area (Å²) < 4.78 is 43.7. The van der Waals surface area contributed by atoms with Crippen LogP contribution in [0, 0.1) is 13.8 Å². The Morgan fingerprint density at radius 3 is 2.48 bits per heavy atom. The van der Waals surface area contributed by atoms with Crippen LogP contribution in [0.4, 0.5) is 0 Å².